The molecule has 2 nitrogen and oxygen atoms in total. The minimum atomic E-state index is 0.623. The Morgan fingerprint density at radius 2 is 1.95 bits per heavy atom. The Morgan fingerprint density at radius 3 is 2.75 bits per heavy atom. The molecule has 0 spiro atoms. The van der Waals surface area contributed by atoms with Crippen LogP contribution in [-0.2, 0) is 0 Å². The van der Waals surface area contributed by atoms with E-state index in [2.05, 4.69) is 35.8 Å². The molecule has 0 amide bonds. The largest absolute Gasteiger partial charge is 0.493 e. The number of hydrogen-bond donors (Lipinski definition) is 1. The van der Waals surface area contributed by atoms with Crippen molar-refractivity contribution < 1.29 is 4.74 Å². The maximum absolute atomic E-state index is 5.74. The van der Waals surface area contributed by atoms with Crippen molar-refractivity contribution in [1.29, 1.82) is 0 Å². The molecule has 1 atom stereocenters. The van der Waals surface area contributed by atoms with Gasteiger partial charge >= 0.3 is 0 Å². The molecule has 1 saturated carbocycles. The zero-order chi connectivity index (χ0) is 13.8. The van der Waals surface area contributed by atoms with Crippen LogP contribution >= 0.6 is 11.8 Å². The van der Waals surface area contributed by atoms with Crippen molar-refractivity contribution in [2.75, 3.05) is 19.4 Å². The van der Waals surface area contributed by atoms with Crippen molar-refractivity contribution >= 4 is 11.8 Å². The summed E-state index contributed by atoms with van der Waals surface area (Å²) in [6.45, 7) is 1.97. The molecule has 1 aliphatic heterocycles. The number of thioether (sulfide) groups is 1. The van der Waals surface area contributed by atoms with Crippen molar-refractivity contribution in [3.05, 3.63) is 29.8 Å². The number of para-hydroxylation sites is 1. The van der Waals surface area contributed by atoms with E-state index in [1.165, 1.54) is 31.2 Å². The summed E-state index contributed by atoms with van der Waals surface area (Å²) in [5, 5.41) is 4.71. The Kier molecular flexibility index (Phi) is 4.90. The van der Waals surface area contributed by atoms with E-state index in [9.17, 15) is 0 Å². The van der Waals surface area contributed by atoms with Gasteiger partial charge in [-0.2, -0.15) is 11.8 Å². The molecule has 0 aromatic heterocycles. The molecule has 1 aromatic rings. The van der Waals surface area contributed by atoms with E-state index in [-0.39, 0.29) is 0 Å². The van der Waals surface area contributed by atoms with Crippen LogP contribution in [0.25, 0.3) is 0 Å². The van der Waals surface area contributed by atoms with Crippen LogP contribution in [0, 0.1) is 0 Å². The van der Waals surface area contributed by atoms with Crippen LogP contribution in [0.5, 0.6) is 5.75 Å². The van der Waals surface area contributed by atoms with Crippen molar-refractivity contribution in [3.63, 3.8) is 0 Å². The number of nitrogens with one attached hydrogen (secondary N) is 1. The van der Waals surface area contributed by atoms with Gasteiger partial charge in [-0.1, -0.05) is 18.2 Å². The molecule has 2 aliphatic rings. The van der Waals surface area contributed by atoms with Crippen LogP contribution < -0.4 is 10.1 Å². The quantitative estimate of drug-likeness (QED) is 0.911. The lowest BCUT2D eigenvalue weighted by Gasteiger charge is -2.31. The lowest BCUT2D eigenvalue weighted by atomic mass is 9.91. The second-order valence-corrected chi connectivity index (χ2v) is 7.13. The van der Waals surface area contributed by atoms with E-state index in [1.54, 1.807) is 0 Å². The lowest BCUT2D eigenvalue weighted by Crippen LogP contribution is -2.37. The van der Waals surface area contributed by atoms with Crippen LogP contribution in [0.3, 0.4) is 0 Å². The Bertz CT molecular complexity index is 429. The first kappa shape index (κ1) is 14.3. The van der Waals surface area contributed by atoms with E-state index in [1.807, 2.05) is 11.8 Å². The molecule has 0 saturated heterocycles. The molecule has 1 fully saturated rings. The monoisotopic (exact) mass is 291 g/mol. The van der Waals surface area contributed by atoms with Gasteiger partial charge in [-0.05, 0) is 50.0 Å². The minimum absolute atomic E-state index is 0.623. The van der Waals surface area contributed by atoms with Crippen molar-refractivity contribution in [2.45, 2.75) is 49.3 Å². The molecule has 0 bridgehead atoms. The van der Waals surface area contributed by atoms with E-state index >= 15 is 0 Å². The summed E-state index contributed by atoms with van der Waals surface area (Å²) in [5.74, 6) is 1.72. The molecule has 1 unspecified atom stereocenters. The maximum Gasteiger partial charge on any atom is 0.122 e. The predicted molar refractivity (Wildman–Crippen MR) is 86.9 cm³/mol. The standard InChI is InChI=1S/C17H25NOS/c1-20-15-8-6-14(7-9-15)18-12-13-10-11-19-17-5-3-2-4-16(13)17/h2-5,13-15,18H,6-12H2,1H3. The van der Waals surface area contributed by atoms with Crippen LogP contribution in [0.2, 0.25) is 0 Å². The van der Waals surface area contributed by atoms with Gasteiger partial charge in [-0.25, -0.2) is 0 Å². The molecular weight excluding hydrogens is 266 g/mol. The number of fused-ring (bicyclic) bond motifs is 1. The molecule has 3 rings (SSSR count). The summed E-state index contributed by atoms with van der Waals surface area (Å²) in [5.41, 5.74) is 1.39. The molecule has 1 aromatic carbocycles. The fourth-order valence-electron chi connectivity index (χ4n) is 3.44. The second-order valence-electron chi connectivity index (χ2n) is 5.99. The van der Waals surface area contributed by atoms with Gasteiger partial charge in [0.2, 0.25) is 0 Å². The third-order valence-corrected chi connectivity index (χ3v) is 5.88. The summed E-state index contributed by atoms with van der Waals surface area (Å²) >= 11 is 2.04. The van der Waals surface area contributed by atoms with Crippen molar-refractivity contribution in [3.8, 4) is 5.75 Å². The predicted octanol–water partition coefficient (Wildman–Crippen LogP) is 3.82. The first-order valence-electron chi connectivity index (χ1n) is 7.84. The van der Waals surface area contributed by atoms with Gasteiger partial charge in [-0.3, -0.25) is 0 Å². The molecule has 110 valence electrons. The van der Waals surface area contributed by atoms with Gasteiger partial charge in [0.25, 0.3) is 0 Å². The minimum Gasteiger partial charge on any atom is -0.493 e. The highest BCUT2D eigenvalue weighted by atomic mass is 32.2. The van der Waals surface area contributed by atoms with Gasteiger partial charge in [0.15, 0.2) is 0 Å². The van der Waals surface area contributed by atoms with Gasteiger partial charge in [0.1, 0.15) is 5.75 Å². The zero-order valence-electron chi connectivity index (χ0n) is 12.3. The molecule has 1 N–H and O–H groups in total. The van der Waals surface area contributed by atoms with E-state index in [0.717, 1.165) is 36.6 Å². The summed E-state index contributed by atoms with van der Waals surface area (Å²) in [4.78, 5) is 0. The molecule has 3 heteroatoms. The number of rotatable bonds is 4. The number of hydrogen-bond acceptors (Lipinski definition) is 3. The summed E-state index contributed by atoms with van der Waals surface area (Å²) in [6.07, 6.45) is 8.83. The van der Waals surface area contributed by atoms with Gasteiger partial charge < -0.3 is 10.1 Å². The normalized spacial score (nSPS) is 29.6. The van der Waals surface area contributed by atoms with Crippen LogP contribution in [0.15, 0.2) is 24.3 Å². The number of benzene rings is 1. The fraction of sp³-hybridized carbons (Fsp3) is 0.647. The van der Waals surface area contributed by atoms with Crippen molar-refractivity contribution in [2.24, 2.45) is 0 Å². The fourth-order valence-corrected chi connectivity index (χ4v) is 4.18. The highest BCUT2D eigenvalue weighted by Crippen LogP contribution is 2.33. The Morgan fingerprint density at radius 1 is 1.15 bits per heavy atom. The molecule has 1 heterocycles. The topological polar surface area (TPSA) is 21.3 Å². The van der Waals surface area contributed by atoms with E-state index < -0.39 is 0 Å². The van der Waals surface area contributed by atoms with Gasteiger partial charge in [0, 0.05) is 23.8 Å². The first-order valence-corrected chi connectivity index (χ1v) is 9.13. The van der Waals surface area contributed by atoms with Gasteiger partial charge in [0.05, 0.1) is 6.61 Å². The summed E-state index contributed by atoms with van der Waals surface area (Å²) in [6, 6.07) is 9.26. The Labute approximate surface area is 126 Å². The Hall–Kier alpha value is -0.670. The average Bonchev–Trinajstić information content (AvgIpc) is 2.53. The molecule has 20 heavy (non-hydrogen) atoms. The number of ether oxygens (including phenoxy) is 1. The van der Waals surface area contributed by atoms with Crippen LogP contribution in [0.1, 0.15) is 43.6 Å². The second kappa shape index (κ2) is 6.86. The highest BCUT2D eigenvalue weighted by molar-refractivity contribution is 7.99. The average molecular weight is 291 g/mol. The van der Waals surface area contributed by atoms with E-state index in [4.69, 9.17) is 4.74 Å². The molecule has 1 aliphatic carbocycles. The van der Waals surface area contributed by atoms with E-state index in [0.29, 0.717) is 5.92 Å². The first-order chi connectivity index (χ1) is 9.86. The Balaban J connectivity index is 1.52. The SMILES string of the molecule is CSC1CCC(NCC2CCOc3ccccc32)CC1. The van der Waals surface area contributed by atoms with Crippen molar-refractivity contribution in [1.82, 2.24) is 5.32 Å². The molecule has 0 radical (unpaired) electrons. The smallest absolute Gasteiger partial charge is 0.122 e. The molecular formula is C17H25NOS. The zero-order valence-corrected chi connectivity index (χ0v) is 13.1. The highest BCUT2D eigenvalue weighted by Gasteiger charge is 2.24. The maximum atomic E-state index is 5.74. The van der Waals surface area contributed by atoms with Crippen LogP contribution in [0.4, 0.5) is 0 Å². The lowest BCUT2D eigenvalue weighted by molar-refractivity contribution is 0.258. The van der Waals surface area contributed by atoms with Gasteiger partial charge in [-0.15, -0.1) is 0 Å². The summed E-state index contributed by atoms with van der Waals surface area (Å²) < 4.78 is 5.74. The van der Waals surface area contributed by atoms with Crippen LogP contribution in [-0.4, -0.2) is 30.7 Å². The third kappa shape index (κ3) is 3.32. The third-order valence-electron chi connectivity index (χ3n) is 4.74. The summed E-state index contributed by atoms with van der Waals surface area (Å²) in [7, 11) is 0.